The molecule has 0 spiro atoms. The van der Waals surface area contributed by atoms with Crippen LogP contribution in [0.5, 0.6) is 0 Å². The monoisotopic (exact) mass is 398 g/mol. The average Bonchev–Trinajstić information content (AvgIpc) is 2.76. The third-order valence-corrected chi connectivity index (χ3v) is 4.00. The van der Waals surface area contributed by atoms with Crippen molar-refractivity contribution in [2.24, 2.45) is 0 Å². The lowest BCUT2D eigenvalue weighted by Crippen LogP contribution is -2.38. The Hall–Kier alpha value is -2.96. The molecule has 0 amide bonds. The van der Waals surface area contributed by atoms with Gasteiger partial charge < -0.3 is 18.9 Å². The molecule has 0 unspecified atom stereocenters. The summed E-state index contributed by atoms with van der Waals surface area (Å²) in [4.78, 5) is 24.1. The van der Waals surface area contributed by atoms with Crippen LogP contribution in [0, 0.1) is 0 Å². The number of methoxy groups -OCH3 is 1. The van der Waals surface area contributed by atoms with Gasteiger partial charge in [0.15, 0.2) is 6.10 Å². The fraction of sp³-hybridized carbons (Fsp3) is 0.304. The van der Waals surface area contributed by atoms with Crippen molar-refractivity contribution < 1.29 is 28.5 Å². The van der Waals surface area contributed by atoms with Crippen molar-refractivity contribution in [1.29, 1.82) is 0 Å². The first-order valence-electron chi connectivity index (χ1n) is 9.38. The fourth-order valence-corrected chi connectivity index (χ4v) is 2.55. The summed E-state index contributed by atoms with van der Waals surface area (Å²) < 4.78 is 21.5. The molecule has 2 aromatic carbocycles. The van der Waals surface area contributed by atoms with Crippen molar-refractivity contribution in [1.82, 2.24) is 0 Å². The molecule has 0 radical (unpaired) electrons. The molecule has 0 saturated carbocycles. The summed E-state index contributed by atoms with van der Waals surface area (Å²) in [5.74, 6) is -1.11. The molecule has 0 aromatic heterocycles. The molecule has 0 bridgehead atoms. The zero-order valence-electron chi connectivity index (χ0n) is 16.7. The minimum atomic E-state index is -1.05. The molecule has 2 rings (SSSR count). The van der Waals surface area contributed by atoms with E-state index in [1.165, 1.54) is 19.3 Å². The molecule has 2 atom stereocenters. The van der Waals surface area contributed by atoms with E-state index in [0.29, 0.717) is 0 Å². The van der Waals surface area contributed by atoms with Crippen LogP contribution in [0.15, 0.2) is 72.8 Å². The Balaban J connectivity index is 2.16. The van der Waals surface area contributed by atoms with E-state index in [1.54, 1.807) is 6.92 Å². The van der Waals surface area contributed by atoms with Crippen molar-refractivity contribution in [2.45, 2.75) is 32.3 Å². The van der Waals surface area contributed by atoms with E-state index >= 15 is 0 Å². The van der Waals surface area contributed by atoms with Crippen molar-refractivity contribution in [3.8, 4) is 0 Å². The highest BCUT2D eigenvalue weighted by Crippen LogP contribution is 2.15. The Bertz CT molecular complexity index is 772. The molecule has 0 aliphatic rings. The van der Waals surface area contributed by atoms with Gasteiger partial charge in [-0.1, -0.05) is 60.7 Å². The Morgan fingerprint density at radius 1 is 0.897 bits per heavy atom. The zero-order chi connectivity index (χ0) is 20.9. The number of carbonyl (C=O) groups excluding carboxylic acids is 2. The van der Waals surface area contributed by atoms with E-state index in [1.807, 2.05) is 60.7 Å². The van der Waals surface area contributed by atoms with Gasteiger partial charge >= 0.3 is 11.9 Å². The van der Waals surface area contributed by atoms with Gasteiger partial charge in [-0.3, -0.25) is 0 Å². The van der Waals surface area contributed by atoms with E-state index in [4.69, 9.17) is 18.9 Å². The average molecular weight is 398 g/mol. The van der Waals surface area contributed by atoms with Crippen molar-refractivity contribution in [3.63, 3.8) is 0 Å². The lowest BCUT2D eigenvalue weighted by molar-refractivity contribution is -0.164. The van der Waals surface area contributed by atoms with Crippen molar-refractivity contribution in [3.05, 3.63) is 83.9 Å². The molecule has 2 aromatic rings. The molecule has 6 nitrogen and oxygen atoms in total. The second kappa shape index (κ2) is 12.5. The molecule has 0 fully saturated rings. The third-order valence-electron chi connectivity index (χ3n) is 4.00. The minimum Gasteiger partial charge on any atom is -0.467 e. The van der Waals surface area contributed by atoms with Crippen molar-refractivity contribution >= 4 is 11.9 Å². The maximum atomic E-state index is 12.4. The lowest BCUT2D eigenvalue weighted by atomic mass is 10.1. The molecule has 6 heteroatoms. The highest BCUT2D eigenvalue weighted by atomic mass is 16.6. The highest BCUT2D eigenvalue weighted by Gasteiger charge is 2.30. The summed E-state index contributed by atoms with van der Waals surface area (Å²) in [5, 5.41) is 0. The summed E-state index contributed by atoms with van der Waals surface area (Å²) in [6.07, 6.45) is 0.819. The quantitative estimate of drug-likeness (QED) is 0.427. The largest absolute Gasteiger partial charge is 0.467 e. The molecule has 29 heavy (non-hydrogen) atoms. The third kappa shape index (κ3) is 7.89. The second-order valence-electron chi connectivity index (χ2n) is 6.11. The summed E-state index contributed by atoms with van der Waals surface area (Å²) in [6.45, 7) is 2.40. The standard InChI is InChI=1S/C23H26O6/c1-3-27-21(24)15-14-20(28-16-18-10-6-4-7-11-18)22(23(25)26-2)29-17-19-12-8-5-9-13-19/h4-15,20,22H,3,16-17H2,1-2H3/b15-14+/t20-,22+/m0/s1. The number of carbonyl (C=O) groups is 2. The second-order valence-corrected chi connectivity index (χ2v) is 6.11. The van der Waals surface area contributed by atoms with Gasteiger partial charge in [0.2, 0.25) is 0 Å². The number of hydrogen-bond acceptors (Lipinski definition) is 6. The zero-order valence-corrected chi connectivity index (χ0v) is 16.7. The van der Waals surface area contributed by atoms with Crippen LogP contribution in [0.25, 0.3) is 0 Å². The summed E-state index contributed by atoms with van der Waals surface area (Å²) in [5.41, 5.74) is 1.83. The number of rotatable bonds is 11. The summed E-state index contributed by atoms with van der Waals surface area (Å²) >= 11 is 0. The fourth-order valence-electron chi connectivity index (χ4n) is 2.55. The first-order chi connectivity index (χ1) is 14.1. The predicted octanol–water partition coefficient (Wildman–Crippen LogP) is 3.45. The van der Waals surface area contributed by atoms with Crippen LogP contribution in [0.3, 0.4) is 0 Å². The highest BCUT2D eigenvalue weighted by molar-refractivity contribution is 5.82. The normalized spacial score (nSPS) is 13.0. The number of hydrogen-bond donors (Lipinski definition) is 0. The Labute approximate surface area is 171 Å². The van der Waals surface area contributed by atoms with Crippen LogP contribution in [-0.4, -0.2) is 37.9 Å². The lowest BCUT2D eigenvalue weighted by Gasteiger charge is -2.23. The van der Waals surface area contributed by atoms with Crippen molar-refractivity contribution in [2.75, 3.05) is 13.7 Å². The molecule has 0 aliphatic heterocycles. The van der Waals surface area contributed by atoms with Crippen LogP contribution in [-0.2, 0) is 41.8 Å². The predicted molar refractivity (Wildman–Crippen MR) is 108 cm³/mol. The number of benzene rings is 2. The maximum absolute atomic E-state index is 12.4. The van der Waals surface area contributed by atoms with Crippen LogP contribution in [0.4, 0.5) is 0 Å². The Morgan fingerprint density at radius 2 is 1.45 bits per heavy atom. The first kappa shape index (κ1) is 22.3. The van der Waals surface area contributed by atoms with E-state index in [2.05, 4.69) is 0 Å². The van der Waals surface area contributed by atoms with Gasteiger partial charge in [0.1, 0.15) is 6.10 Å². The smallest absolute Gasteiger partial charge is 0.338 e. The van der Waals surface area contributed by atoms with Gasteiger partial charge in [0.25, 0.3) is 0 Å². The van der Waals surface area contributed by atoms with E-state index in [0.717, 1.165) is 11.1 Å². The van der Waals surface area contributed by atoms with Crippen LogP contribution >= 0.6 is 0 Å². The van der Waals surface area contributed by atoms with Crippen LogP contribution in [0.2, 0.25) is 0 Å². The molecule has 0 heterocycles. The minimum absolute atomic E-state index is 0.194. The topological polar surface area (TPSA) is 71.1 Å². The Kier molecular flexibility index (Phi) is 9.62. The maximum Gasteiger partial charge on any atom is 0.338 e. The summed E-state index contributed by atoms with van der Waals surface area (Å²) in [6, 6.07) is 19.0. The first-order valence-corrected chi connectivity index (χ1v) is 9.38. The van der Waals surface area contributed by atoms with Gasteiger partial charge in [-0.2, -0.15) is 0 Å². The SMILES string of the molecule is CCOC(=O)/C=C/[C@H](OCc1ccccc1)[C@@H](OCc1ccccc1)C(=O)OC. The van der Waals surface area contributed by atoms with Gasteiger partial charge in [0, 0.05) is 6.08 Å². The summed E-state index contributed by atoms with van der Waals surface area (Å²) in [7, 11) is 1.28. The molecule has 154 valence electrons. The van der Waals surface area contributed by atoms with Gasteiger partial charge in [-0.25, -0.2) is 9.59 Å². The molecule has 0 aliphatic carbocycles. The molecular formula is C23H26O6. The number of ether oxygens (including phenoxy) is 4. The van der Waals surface area contributed by atoms with E-state index < -0.39 is 24.1 Å². The van der Waals surface area contributed by atoms with Crippen LogP contribution in [0.1, 0.15) is 18.1 Å². The molecule has 0 N–H and O–H groups in total. The Morgan fingerprint density at radius 3 is 1.97 bits per heavy atom. The van der Waals surface area contributed by atoms with Gasteiger partial charge in [-0.15, -0.1) is 0 Å². The van der Waals surface area contributed by atoms with Gasteiger partial charge in [0.05, 0.1) is 26.9 Å². The molecular weight excluding hydrogens is 372 g/mol. The van der Waals surface area contributed by atoms with E-state index in [-0.39, 0.29) is 19.8 Å². The van der Waals surface area contributed by atoms with E-state index in [9.17, 15) is 9.59 Å². The molecule has 0 saturated heterocycles. The number of esters is 2. The van der Waals surface area contributed by atoms with Crippen LogP contribution < -0.4 is 0 Å². The van der Waals surface area contributed by atoms with Gasteiger partial charge in [-0.05, 0) is 24.1 Å².